The summed E-state index contributed by atoms with van der Waals surface area (Å²) in [6.45, 7) is 7.69. The van der Waals surface area contributed by atoms with Crippen LogP contribution in [0.4, 0.5) is 11.4 Å². The van der Waals surface area contributed by atoms with E-state index in [0.717, 1.165) is 31.6 Å². The lowest BCUT2D eigenvalue weighted by Crippen LogP contribution is -2.32. The van der Waals surface area contributed by atoms with Crippen molar-refractivity contribution in [1.29, 1.82) is 0 Å². The number of carbonyl (C=O) groups excluding carboxylic acids is 2. The Morgan fingerprint density at radius 1 is 1.03 bits per heavy atom. The highest BCUT2D eigenvalue weighted by atomic mass is 16.2. The predicted octanol–water partition coefficient (Wildman–Crippen LogP) is 4.20. The van der Waals surface area contributed by atoms with E-state index in [1.54, 1.807) is 12.1 Å². The van der Waals surface area contributed by atoms with E-state index in [2.05, 4.69) is 29.0 Å². The summed E-state index contributed by atoms with van der Waals surface area (Å²) < 4.78 is 0. The number of aromatic nitrogens is 1. The summed E-state index contributed by atoms with van der Waals surface area (Å²) in [6, 6.07) is 11.1. The standard InChI is InChI=1S/C23H30N4O2/c1-3-13-27(14-4-2)23(29)18-11-12-24-21(17-18)22(28)25-19-7-9-20(10-8-19)26-15-5-6-16-26/h7-12,17H,3-6,13-16H2,1-2H3,(H,25,28). The van der Waals surface area contributed by atoms with Gasteiger partial charge in [0.2, 0.25) is 0 Å². The van der Waals surface area contributed by atoms with E-state index < -0.39 is 0 Å². The maximum absolute atomic E-state index is 12.8. The smallest absolute Gasteiger partial charge is 0.274 e. The number of nitrogens with one attached hydrogen (secondary N) is 1. The van der Waals surface area contributed by atoms with Crippen molar-refractivity contribution in [2.75, 3.05) is 36.4 Å². The zero-order valence-corrected chi connectivity index (χ0v) is 17.4. The predicted molar refractivity (Wildman–Crippen MR) is 117 cm³/mol. The highest BCUT2D eigenvalue weighted by Gasteiger charge is 2.17. The van der Waals surface area contributed by atoms with E-state index in [1.165, 1.54) is 24.7 Å². The summed E-state index contributed by atoms with van der Waals surface area (Å²) in [5.41, 5.74) is 2.64. The average Bonchev–Trinajstić information content (AvgIpc) is 3.28. The van der Waals surface area contributed by atoms with E-state index in [0.29, 0.717) is 18.7 Å². The lowest BCUT2D eigenvalue weighted by molar-refractivity contribution is 0.0755. The second-order valence-corrected chi connectivity index (χ2v) is 7.42. The Morgan fingerprint density at radius 3 is 2.31 bits per heavy atom. The fourth-order valence-electron chi connectivity index (χ4n) is 3.65. The Hall–Kier alpha value is -2.89. The maximum Gasteiger partial charge on any atom is 0.274 e. The molecule has 6 nitrogen and oxygen atoms in total. The fourth-order valence-corrected chi connectivity index (χ4v) is 3.65. The number of carbonyl (C=O) groups is 2. The minimum Gasteiger partial charge on any atom is -0.372 e. The first-order chi connectivity index (χ1) is 14.1. The molecular formula is C23H30N4O2. The van der Waals surface area contributed by atoms with Crippen LogP contribution in [0.1, 0.15) is 60.4 Å². The fraction of sp³-hybridized carbons (Fsp3) is 0.435. The SMILES string of the molecule is CCCN(CCC)C(=O)c1ccnc(C(=O)Nc2ccc(N3CCCC3)cc2)c1. The molecule has 6 heteroatoms. The van der Waals surface area contributed by atoms with E-state index in [1.807, 2.05) is 29.2 Å². The minimum absolute atomic E-state index is 0.0554. The number of hydrogen-bond acceptors (Lipinski definition) is 4. The average molecular weight is 395 g/mol. The zero-order valence-electron chi connectivity index (χ0n) is 17.4. The van der Waals surface area contributed by atoms with Crippen molar-refractivity contribution in [3.8, 4) is 0 Å². The van der Waals surface area contributed by atoms with Crippen LogP contribution in [0.25, 0.3) is 0 Å². The number of hydrogen-bond donors (Lipinski definition) is 1. The zero-order chi connectivity index (χ0) is 20.6. The molecule has 1 aromatic heterocycles. The van der Waals surface area contributed by atoms with Gasteiger partial charge in [0.25, 0.3) is 11.8 Å². The summed E-state index contributed by atoms with van der Waals surface area (Å²) in [5, 5.41) is 2.88. The molecule has 29 heavy (non-hydrogen) atoms. The summed E-state index contributed by atoms with van der Waals surface area (Å²) in [7, 11) is 0. The van der Waals surface area contributed by atoms with E-state index >= 15 is 0 Å². The molecule has 2 aromatic rings. The molecule has 1 N–H and O–H groups in total. The molecule has 0 bridgehead atoms. The number of pyridine rings is 1. The number of amides is 2. The van der Waals surface area contributed by atoms with Gasteiger partial charge in [-0.1, -0.05) is 13.8 Å². The Balaban J connectivity index is 1.68. The van der Waals surface area contributed by atoms with Crippen LogP contribution in [0.2, 0.25) is 0 Å². The van der Waals surface area contributed by atoms with Crippen molar-refractivity contribution in [2.45, 2.75) is 39.5 Å². The molecule has 154 valence electrons. The lowest BCUT2D eigenvalue weighted by atomic mass is 10.1. The van der Waals surface area contributed by atoms with E-state index in [-0.39, 0.29) is 17.5 Å². The highest BCUT2D eigenvalue weighted by molar-refractivity contribution is 6.04. The van der Waals surface area contributed by atoms with Crippen molar-refractivity contribution in [3.05, 3.63) is 53.9 Å². The third kappa shape index (κ3) is 5.34. The van der Waals surface area contributed by atoms with Crippen LogP contribution in [0.5, 0.6) is 0 Å². The van der Waals surface area contributed by atoms with Gasteiger partial charge >= 0.3 is 0 Å². The van der Waals surface area contributed by atoms with Gasteiger partial charge in [0.1, 0.15) is 5.69 Å². The van der Waals surface area contributed by atoms with Gasteiger partial charge in [-0.2, -0.15) is 0 Å². The Labute approximate surface area is 172 Å². The largest absolute Gasteiger partial charge is 0.372 e. The maximum atomic E-state index is 12.8. The molecule has 0 spiro atoms. The second-order valence-electron chi connectivity index (χ2n) is 7.42. The number of benzene rings is 1. The Morgan fingerprint density at radius 2 is 1.69 bits per heavy atom. The molecule has 1 saturated heterocycles. The van der Waals surface area contributed by atoms with E-state index in [4.69, 9.17) is 0 Å². The highest BCUT2D eigenvalue weighted by Crippen LogP contribution is 2.22. The normalized spacial score (nSPS) is 13.4. The van der Waals surface area contributed by atoms with Crippen molar-refractivity contribution < 1.29 is 9.59 Å². The van der Waals surface area contributed by atoms with Crippen LogP contribution in [0.15, 0.2) is 42.6 Å². The summed E-state index contributed by atoms with van der Waals surface area (Å²) in [4.78, 5) is 33.8. The van der Waals surface area contributed by atoms with Crippen molar-refractivity contribution in [3.63, 3.8) is 0 Å². The number of anilines is 2. The number of nitrogens with zero attached hydrogens (tertiary/aromatic N) is 3. The second kappa shape index (κ2) is 10.0. The Bertz CT molecular complexity index is 823. The summed E-state index contributed by atoms with van der Waals surface area (Å²) in [5.74, 6) is -0.369. The number of rotatable bonds is 8. The van der Waals surface area contributed by atoms with Gasteiger partial charge in [-0.25, -0.2) is 0 Å². The van der Waals surface area contributed by atoms with Crippen LogP contribution in [-0.4, -0.2) is 47.9 Å². The molecule has 0 aliphatic carbocycles. The van der Waals surface area contributed by atoms with E-state index in [9.17, 15) is 9.59 Å². The molecule has 2 amide bonds. The van der Waals surface area contributed by atoms with Gasteiger partial charge in [-0.15, -0.1) is 0 Å². The molecule has 0 atom stereocenters. The third-order valence-electron chi connectivity index (χ3n) is 5.11. The molecule has 3 rings (SSSR count). The molecule has 1 aliphatic rings. The first-order valence-electron chi connectivity index (χ1n) is 10.5. The molecular weight excluding hydrogens is 364 g/mol. The van der Waals surface area contributed by atoms with Gasteiger partial charge in [-0.05, 0) is 62.1 Å². The van der Waals surface area contributed by atoms with Gasteiger partial charge in [0.15, 0.2) is 0 Å². The van der Waals surface area contributed by atoms with Gasteiger partial charge in [-0.3, -0.25) is 14.6 Å². The first kappa shape index (κ1) is 20.8. The minimum atomic E-state index is -0.314. The van der Waals surface area contributed by atoms with Crippen molar-refractivity contribution in [2.24, 2.45) is 0 Å². The first-order valence-corrected chi connectivity index (χ1v) is 10.5. The topological polar surface area (TPSA) is 65.5 Å². The van der Waals surface area contributed by atoms with Crippen molar-refractivity contribution in [1.82, 2.24) is 9.88 Å². The van der Waals surface area contributed by atoms with Crippen LogP contribution in [0, 0.1) is 0 Å². The summed E-state index contributed by atoms with van der Waals surface area (Å²) >= 11 is 0. The van der Waals surface area contributed by atoms with Crippen LogP contribution in [-0.2, 0) is 0 Å². The molecule has 0 saturated carbocycles. The van der Waals surface area contributed by atoms with Crippen molar-refractivity contribution >= 4 is 23.2 Å². The lowest BCUT2D eigenvalue weighted by Gasteiger charge is -2.21. The molecule has 1 aliphatic heterocycles. The quantitative estimate of drug-likeness (QED) is 0.729. The molecule has 0 radical (unpaired) electrons. The van der Waals surface area contributed by atoms with Gasteiger partial charge in [0.05, 0.1) is 0 Å². The summed E-state index contributed by atoms with van der Waals surface area (Å²) in [6.07, 6.45) is 5.78. The third-order valence-corrected chi connectivity index (χ3v) is 5.11. The monoisotopic (exact) mass is 394 g/mol. The van der Waals surface area contributed by atoms with Crippen LogP contribution < -0.4 is 10.2 Å². The van der Waals surface area contributed by atoms with Crippen LogP contribution >= 0.6 is 0 Å². The molecule has 0 unspecified atom stereocenters. The molecule has 1 aromatic carbocycles. The van der Waals surface area contributed by atoms with Gasteiger partial charge in [0, 0.05) is 49.3 Å². The molecule has 2 heterocycles. The Kier molecular flexibility index (Phi) is 7.22. The van der Waals surface area contributed by atoms with Gasteiger partial charge < -0.3 is 15.1 Å². The van der Waals surface area contributed by atoms with Crippen LogP contribution in [0.3, 0.4) is 0 Å². The molecule has 1 fully saturated rings.